The number of benzene rings is 3. The maximum Gasteiger partial charge on any atom is 0.337 e. The summed E-state index contributed by atoms with van der Waals surface area (Å²) in [6.07, 6.45) is 5.51. The number of nitrogens with zero attached hydrogens (tertiary/aromatic N) is 1. The maximum atomic E-state index is 12.6. The molecule has 5 nitrogen and oxygen atoms in total. The molecule has 2 aliphatic heterocycles. The molecule has 0 radical (unpaired) electrons. The van der Waals surface area contributed by atoms with Gasteiger partial charge in [-0.3, -0.25) is 9.29 Å². The predicted molar refractivity (Wildman–Crippen MR) is 167 cm³/mol. The highest BCUT2D eigenvalue weighted by Crippen LogP contribution is 2.42. The zero-order chi connectivity index (χ0) is 29.3. The van der Waals surface area contributed by atoms with Crippen molar-refractivity contribution in [3.63, 3.8) is 0 Å². The molecule has 2 heterocycles. The van der Waals surface area contributed by atoms with Gasteiger partial charge < -0.3 is 14.8 Å². The number of carbonyl (C=O) groups is 1. The van der Waals surface area contributed by atoms with Gasteiger partial charge in [0.25, 0.3) is 0 Å². The van der Waals surface area contributed by atoms with E-state index in [9.17, 15) is 9.18 Å². The normalized spacial score (nSPS) is 19.6. The van der Waals surface area contributed by atoms with E-state index in [0.717, 1.165) is 63.1 Å². The van der Waals surface area contributed by atoms with Gasteiger partial charge in [0.1, 0.15) is 11.9 Å². The molecule has 6 rings (SSSR count). The van der Waals surface area contributed by atoms with Crippen LogP contribution >= 0.6 is 0 Å². The van der Waals surface area contributed by atoms with Crippen molar-refractivity contribution >= 4 is 22.8 Å². The number of esters is 1. The van der Waals surface area contributed by atoms with Crippen LogP contribution < -0.4 is 10.1 Å². The molecule has 1 N–H and O–H groups in total. The first-order valence-corrected chi connectivity index (χ1v) is 15.3. The second-order valence-electron chi connectivity index (χ2n) is 12.5. The van der Waals surface area contributed by atoms with Crippen LogP contribution in [0.2, 0.25) is 0 Å². The van der Waals surface area contributed by atoms with Crippen molar-refractivity contribution in [3.8, 4) is 5.75 Å². The van der Waals surface area contributed by atoms with Gasteiger partial charge in [-0.05, 0) is 128 Å². The fourth-order valence-corrected chi connectivity index (χ4v) is 6.86. The van der Waals surface area contributed by atoms with Crippen molar-refractivity contribution in [1.29, 1.82) is 0 Å². The number of likely N-dealkylation sites (tertiary alicyclic amines) is 1. The summed E-state index contributed by atoms with van der Waals surface area (Å²) in [5.74, 6) is 0.553. The lowest BCUT2D eigenvalue weighted by Crippen LogP contribution is -2.26. The Hall–Kier alpha value is -3.64. The van der Waals surface area contributed by atoms with Crippen LogP contribution in [0.5, 0.6) is 5.75 Å². The van der Waals surface area contributed by atoms with E-state index in [1.165, 1.54) is 46.2 Å². The van der Waals surface area contributed by atoms with Crippen molar-refractivity contribution < 1.29 is 18.7 Å². The Morgan fingerprint density at radius 3 is 2.62 bits per heavy atom. The lowest BCUT2D eigenvalue weighted by Gasteiger charge is -2.19. The first-order chi connectivity index (χ1) is 20.3. The molecule has 0 saturated carbocycles. The molecule has 1 atom stereocenters. The average Bonchev–Trinajstić information content (AvgIpc) is 3.50. The number of nitrogens with one attached hydrogen (secondary N) is 1. The SMILES string of the molecule is COC(=O)c1ccc2c(c1)CCCC(c1ccc3c(c1)CC(C)(C)N3)=C2c1ccc(O[C@H]2CCN(CCCF)C2)cc1. The number of fused-ring (bicyclic) bond motifs is 2. The van der Waals surface area contributed by atoms with E-state index in [2.05, 4.69) is 72.6 Å². The topological polar surface area (TPSA) is 50.8 Å². The Kier molecular flexibility index (Phi) is 8.09. The number of halogens is 1. The van der Waals surface area contributed by atoms with E-state index in [1.54, 1.807) is 0 Å². The molecular formula is C36H41FN2O3. The number of rotatable bonds is 8. The first-order valence-electron chi connectivity index (χ1n) is 15.3. The minimum absolute atomic E-state index is 0.0535. The van der Waals surface area contributed by atoms with Crippen LogP contribution in [0.15, 0.2) is 60.7 Å². The number of hydrogen-bond donors (Lipinski definition) is 1. The summed E-state index contributed by atoms with van der Waals surface area (Å²) in [4.78, 5) is 14.6. The molecule has 42 heavy (non-hydrogen) atoms. The third-order valence-corrected chi connectivity index (χ3v) is 8.81. The first kappa shape index (κ1) is 28.5. The Morgan fingerprint density at radius 1 is 1.02 bits per heavy atom. The molecule has 0 amide bonds. The van der Waals surface area contributed by atoms with Gasteiger partial charge in [0.2, 0.25) is 0 Å². The smallest absolute Gasteiger partial charge is 0.337 e. The number of allylic oxidation sites excluding steroid dienone is 1. The highest BCUT2D eigenvalue weighted by atomic mass is 19.1. The fourth-order valence-electron chi connectivity index (χ4n) is 6.86. The third kappa shape index (κ3) is 5.96. The standard InChI is InChI=1S/C36H41FN2O3/c1-36(2)22-28-21-26(11-15-33(28)38-36)31-7-4-6-25-20-27(35(40)41-3)10-14-32(25)34(31)24-8-12-29(13-9-24)42-30-16-19-39(23-30)18-5-17-37/h8-15,20-21,30,38H,4-7,16-19,22-23H2,1-3H3/t30-/m0/s1. The minimum atomic E-state index is -0.307. The summed E-state index contributed by atoms with van der Waals surface area (Å²) in [5, 5.41) is 3.65. The van der Waals surface area contributed by atoms with Gasteiger partial charge in [0.05, 0.1) is 19.3 Å². The number of alkyl halides is 1. The summed E-state index contributed by atoms with van der Waals surface area (Å²) in [6, 6.07) is 21.3. The highest BCUT2D eigenvalue weighted by molar-refractivity contribution is 6.01. The van der Waals surface area contributed by atoms with Crippen molar-refractivity contribution in [2.75, 3.05) is 38.7 Å². The summed E-state index contributed by atoms with van der Waals surface area (Å²) >= 11 is 0. The minimum Gasteiger partial charge on any atom is -0.489 e. The lowest BCUT2D eigenvalue weighted by molar-refractivity contribution is 0.0600. The lowest BCUT2D eigenvalue weighted by atomic mass is 9.86. The van der Waals surface area contributed by atoms with Crippen LogP contribution in [0, 0.1) is 0 Å². The summed E-state index contributed by atoms with van der Waals surface area (Å²) in [5.41, 5.74) is 10.5. The van der Waals surface area contributed by atoms with E-state index in [4.69, 9.17) is 9.47 Å². The van der Waals surface area contributed by atoms with Crippen LogP contribution in [-0.2, 0) is 17.6 Å². The molecule has 1 saturated heterocycles. The number of anilines is 1. The Labute approximate surface area is 248 Å². The van der Waals surface area contributed by atoms with Crippen LogP contribution in [-0.4, -0.2) is 55.9 Å². The largest absolute Gasteiger partial charge is 0.489 e. The second-order valence-corrected chi connectivity index (χ2v) is 12.5. The number of methoxy groups -OCH3 is 1. The van der Waals surface area contributed by atoms with Gasteiger partial charge in [-0.1, -0.05) is 24.3 Å². The summed E-state index contributed by atoms with van der Waals surface area (Å²) < 4.78 is 24.0. The molecule has 1 aliphatic carbocycles. The molecule has 0 bridgehead atoms. The van der Waals surface area contributed by atoms with Crippen molar-refractivity contribution in [1.82, 2.24) is 4.90 Å². The van der Waals surface area contributed by atoms with E-state index in [0.29, 0.717) is 12.0 Å². The predicted octanol–water partition coefficient (Wildman–Crippen LogP) is 7.33. The molecule has 6 heteroatoms. The summed E-state index contributed by atoms with van der Waals surface area (Å²) in [7, 11) is 1.43. The van der Waals surface area contributed by atoms with Gasteiger partial charge in [0.15, 0.2) is 0 Å². The quantitative estimate of drug-likeness (QED) is 0.289. The van der Waals surface area contributed by atoms with Gasteiger partial charge in [-0.15, -0.1) is 0 Å². The molecule has 0 unspecified atom stereocenters. The van der Waals surface area contributed by atoms with Crippen molar-refractivity contribution in [2.45, 2.75) is 64.0 Å². The number of carbonyl (C=O) groups excluding carboxylic acids is 1. The number of hydrogen-bond acceptors (Lipinski definition) is 5. The Bertz CT molecular complexity index is 1490. The fraction of sp³-hybridized carbons (Fsp3) is 0.417. The van der Waals surface area contributed by atoms with E-state index < -0.39 is 0 Å². The van der Waals surface area contributed by atoms with Crippen molar-refractivity contribution in [2.24, 2.45) is 0 Å². The Balaban J connectivity index is 1.36. The van der Waals surface area contributed by atoms with Gasteiger partial charge in [-0.25, -0.2) is 4.79 Å². The molecule has 0 spiro atoms. The van der Waals surface area contributed by atoms with E-state index in [1.807, 2.05) is 12.1 Å². The van der Waals surface area contributed by atoms with Crippen LogP contribution in [0.25, 0.3) is 11.1 Å². The maximum absolute atomic E-state index is 12.6. The summed E-state index contributed by atoms with van der Waals surface area (Å²) in [6.45, 7) is 6.81. The number of ether oxygens (including phenoxy) is 2. The molecule has 3 aliphatic rings. The van der Waals surface area contributed by atoms with Gasteiger partial charge in [-0.2, -0.15) is 0 Å². The highest BCUT2D eigenvalue weighted by Gasteiger charge is 2.29. The number of aryl methyl sites for hydroxylation is 1. The molecule has 3 aromatic carbocycles. The second kappa shape index (κ2) is 11.9. The zero-order valence-corrected chi connectivity index (χ0v) is 25.0. The van der Waals surface area contributed by atoms with Crippen LogP contribution in [0.4, 0.5) is 10.1 Å². The average molecular weight is 569 g/mol. The molecule has 1 fully saturated rings. The van der Waals surface area contributed by atoms with Crippen LogP contribution in [0.1, 0.15) is 77.7 Å². The monoisotopic (exact) mass is 568 g/mol. The van der Waals surface area contributed by atoms with Crippen LogP contribution in [0.3, 0.4) is 0 Å². The molecule has 0 aromatic heterocycles. The Morgan fingerprint density at radius 2 is 1.83 bits per heavy atom. The molecule has 220 valence electrons. The molecular weight excluding hydrogens is 527 g/mol. The van der Waals surface area contributed by atoms with Crippen molar-refractivity contribution in [3.05, 3.63) is 94.0 Å². The zero-order valence-electron chi connectivity index (χ0n) is 25.0. The van der Waals surface area contributed by atoms with E-state index in [-0.39, 0.29) is 24.3 Å². The van der Waals surface area contributed by atoms with E-state index >= 15 is 0 Å². The molecule has 3 aromatic rings. The van der Waals surface area contributed by atoms with Gasteiger partial charge >= 0.3 is 5.97 Å². The third-order valence-electron chi connectivity index (χ3n) is 8.81. The van der Waals surface area contributed by atoms with Gasteiger partial charge in [0, 0.05) is 30.9 Å².